The summed E-state index contributed by atoms with van der Waals surface area (Å²) in [6, 6.07) is 15.6. The number of hydrogen-bond donors (Lipinski definition) is 5. The van der Waals surface area contributed by atoms with Crippen LogP contribution in [0.4, 0.5) is 5.69 Å². The Bertz CT molecular complexity index is 2710. The third-order valence-electron chi connectivity index (χ3n) is 11.6. The normalized spacial score (nSPS) is 23.0. The van der Waals surface area contributed by atoms with Crippen LogP contribution in [0.2, 0.25) is 0 Å². The van der Waals surface area contributed by atoms with Crippen molar-refractivity contribution in [2.75, 3.05) is 12.0 Å². The van der Waals surface area contributed by atoms with E-state index >= 15 is 0 Å². The van der Waals surface area contributed by atoms with Crippen LogP contribution in [0, 0.1) is 11.8 Å². The van der Waals surface area contributed by atoms with Crippen molar-refractivity contribution in [1.82, 2.24) is 24.9 Å². The molecule has 3 aromatic heterocycles. The zero-order valence-electron chi connectivity index (χ0n) is 31.2. The first-order valence-electron chi connectivity index (χ1n) is 18.7. The fraction of sp³-hybridized carbons (Fsp3) is 0.317. The molecule has 3 aromatic carbocycles. The van der Waals surface area contributed by atoms with Gasteiger partial charge in [-0.3, -0.25) is 18.5 Å². The van der Waals surface area contributed by atoms with Crippen LogP contribution < -0.4 is 20.7 Å². The summed E-state index contributed by atoms with van der Waals surface area (Å²) in [4.78, 5) is 48.2. The number of rotatable bonds is 5. The summed E-state index contributed by atoms with van der Waals surface area (Å²) < 4.78 is 35.1. The van der Waals surface area contributed by atoms with Crippen molar-refractivity contribution in [3.63, 3.8) is 0 Å². The van der Waals surface area contributed by atoms with Gasteiger partial charge in [-0.1, -0.05) is 70.2 Å². The van der Waals surface area contributed by atoms with E-state index in [2.05, 4.69) is 16.0 Å². The smallest absolute Gasteiger partial charge is 0.294 e. The Labute approximate surface area is 320 Å². The van der Waals surface area contributed by atoms with Crippen molar-refractivity contribution in [2.45, 2.75) is 63.9 Å². The molecule has 0 aliphatic carbocycles. The lowest BCUT2D eigenvalue weighted by molar-refractivity contribution is -0.135. The monoisotopic (exact) mass is 774 g/mol. The summed E-state index contributed by atoms with van der Waals surface area (Å²) >= 11 is 0. The fourth-order valence-corrected chi connectivity index (χ4v) is 9.70. The number of nitrogens with one attached hydrogen (secondary N) is 3. The molecule has 286 valence electrons. The molecule has 14 nitrogen and oxygen atoms in total. The Morgan fingerprint density at radius 3 is 2.59 bits per heavy atom. The molecule has 6 aromatic rings. The maximum absolute atomic E-state index is 14.2. The van der Waals surface area contributed by atoms with Gasteiger partial charge in [0.1, 0.15) is 29.4 Å². The fourth-order valence-electron chi connectivity index (χ4n) is 8.80. The van der Waals surface area contributed by atoms with Gasteiger partial charge in [-0.25, -0.2) is 9.97 Å². The quantitative estimate of drug-likeness (QED) is 0.130. The van der Waals surface area contributed by atoms with E-state index in [1.807, 2.05) is 68.4 Å². The molecule has 15 heteroatoms. The number of aliphatic hydroxyl groups excluding tert-OH is 1. The first kappa shape index (κ1) is 34.8. The zero-order valence-corrected chi connectivity index (χ0v) is 32.0. The van der Waals surface area contributed by atoms with Crippen molar-refractivity contribution in [3.05, 3.63) is 95.3 Å². The lowest BCUT2D eigenvalue weighted by Crippen LogP contribution is -2.52. The predicted octanol–water partition coefficient (Wildman–Crippen LogP) is 5.94. The number of carbonyl (C=O) groups is 2. The SMILES string of the molecule is CC(C)[C@H](O)C(=O)N[C@H]1Cc2ccc3c(c2)[C@]24c5cccc(c5NC2O3)-c2cccc3c2c(cn3P(C)(=O)O)-c2cnc(o2)-c2nc(oc24)[C@H](C(C)C)NC1=O. The lowest BCUT2D eigenvalue weighted by Gasteiger charge is -2.29. The molecule has 56 heavy (non-hydrogen) atoms. The molecule has 5 N–H and O–H groups in total. The van der Waals surface area contributed by atoms with Crippen molar-refractivity contribution in [1.29, 1.82) is 0 Å². The molecular weight excluding hydrogens is 735 g/mol. The van der Waals surface area contributed by atoms with Gasteiger partial charge in [-0.15, -0.1) is 0 Å². The van der Waals surface area contributed by atoms with Crippen molar-refractivity contribution >= 4 is 35.9 Å². The molecule has 4 aliphatic rings. The van der Waals surface area contributed by atoms with Crippen LogP contribution in [0.5, 0.6) is 5.75 Å². The highest BCUT2D eigenvalue weighted by Crippen LogP contribution is 2.62. The van der Waals surface area contributed by atoms with Gasteiger partial charge in [0.25, 0.3) is 7.52 Å². The van der Waals surface area contributed by atoms with Gasteiger partial charge in [0.2, 0.25) is 23.6 Å². The number of aliphatic hydroxyl groups is 1. The van der Waals surface area contributed by atoms with E-state index < -0.39 is 49.2 Å². The minimum atomic E-state index is -3.82. The van der Waals surface area contributed by atoms with Crippen LogP contribution in [0.25, 0.3) is 44.9 Å². The molecule has 2 unspecified atom stereocenters. The molecule has 7 heterocycles. The number of amides is 2. The van der Waals surface area contributed by atoms with Crippen LogP contribution in [0.3, 0.4) is 0 Å². The van der Waals surface area contributed by atoms with Crippen LogP contribution in [-0.2, 0) is 26.0 Å². The lowest BCUT2D eigenvalue weighted by atomic mass is 9.72. The van der Waals surface area contributed by atoms with E-state index in [9.17, 15) is 24.2 Å². The second kappa shape index (κ2) is 11.9. The maximum Gasteiger partial charge on any atom is 0.294 e. The maximum atomic E-state index is 14.2. The average Bonchev–Trinajstić information content (AvgIpc) is 3.98. The summed E-state index contributed by atoms with van der Waals surface area (Å²) in [7, 11) is -3.82. The largest absolute Gasteiger partial charge is 0.469 e. The van der Waals surface area contributed by atoms with Gasteiger partial charge in [0.15, 0.2) is 23.4 Å². The van der Waals surface area contributed by atoms with Crippen LogP contribution in [0.1, 0.15) is 62.1 Å². The summed E-state index contributed by atoms with van der Waals surface area (Å²) in [6.45, 7) is 8.63. The highest BCUT2D eigenvalue weighted by atomic mass is 31.2. The van der Waals surface area contributed by atoms with E-state index in [-0.39, 0.29) is 30.0 Å². The number of nitrogens with zero attached hydrogens (tertiary/aromatic N) is 3. The molecule has 0 radical (unpaired) electrons. The number of fused-ring (bicyclic) bond motifs is 7. The highest BCUT2D eigenvalue weighted by Gasteiger charge is 2.61. The topological polar surface area (TPSA) is 194 Å². The Balaban J connectivity index is 1.29. The molecular formula is C41H39N6O8P. The van der Waals surface area contributed by atoms with Crippen molar-refractivity contribution in [3.8, 4) is 39.8 Å². The Morgan fingerprint density at radius 1 is 1.04 bits per heavy atom. The predicted molar refractivity (Wildman–Crippen MR) is 206 cm³/mol. The molecule has 4 aliphatic heterocycles. The molecule has 10 bridgehead atoms. The molecule has 10 rings (SSSR count). The summed E-state index contributed by atoms with van der Waals surface area (Å²) in [6.07, 6.45) is 1.29. The number of aromatic nitrogens is 3. The van der Waals surface area contributed by atoms with Crippen LogP contribution in [-0.4, -0.2) is 61.2 Å². The van der Waals surface area contributed by atoms with Gasteiger partial charge >= 0.3 is 0 Å². The van der Waals surface area contributed by atoms with Crippen molar-refractivity contribution < 1.29 is 37.7 Å². The highest BCUT2D eigenvalue weighted by molar-refractivity contribution is 7.55. The first-order valence-corrected chi connectivity index (χ1v) is 20.7. The Morgan fingerprint density at radius 2 is 1.82 bits per heavy atom. The second-order valence-corrected chi connectivity index (χ2v) is 18.0. The average molecular weight is 775 g/mol. The number of benzene rings is 3. The zero-order chi connectivity index (χ0) is 39.0. The van der Waals surface area contributed by atoms with Gasteiger partial charge in [-0.2, -0.15) is 0 Å². The molecule has 1 spiro atoms. The van der Waals surface area contributed by atoms with Gasteiger partial charge in [-0.05, 0) is 35.1 Å². The molecule has 6 atom stereocenters. The van der Waals surface area contributed by atoms with E-state index in [0.717, 1.165) is 33.5 Å². The minimum Gasteiger partial charge on any atom is -0.469 e. The Kier molecular flexibility index (Phi) is 7.39. The van der Waals surface area contributed by atoms with E-state index in [1.54, 1.807) is 26.2 Å². The minimum absolute atomic E-state index is 0.123. The van der Waals surface area contributed by atoms with E-state index in [1.165, 1.54) is 11.0 Å². The van der Waals surface area contributed by atoms with Gasteiger partial charge < -0.3 is 39.5 Å². The standard InChI is InChI=1S/C41H39N6O8P/c1-18(2)31-39-45-33-35(55-39)41-24-10-6-9-22(21-8-7-11-27-30(21)23(17-47(27)56(5,51)52)29-16-42-38(33)53-29)32(24)46-40(41)54-28-13-12-20(14-25(28)41)15-26(36(49)44-31)43-37(50)34(48)19(3)4/h6-14,16-19,26,31,34,40,46,48H,15H2,1-5H3,(H,43,50)(H,44,49)(H,51,52)/t26-,31-,34-,40?,41-/m0/s1. The third-order valence-corrected chi connectivity index (χ3v) is 12.7. The molecule has 0 fully saturated rings. The van der Waals surface area contributed by atoms with E-state index in [4.69, 9.17) is 23.5 Å². The van der Waals surface area contributed by atoms with Gasteiger partial charge in [0, 0.05) is 52.6 Å². The number of anilines is 1. The number of para-hydroxylation sites is 1. The summed E-state index contributed by atoms with van der Waals surface area (Å²) in [5, 5.41) is 21.0. The van der Waals surface area contributed by atoms with E-state index in [0.29, 0.717) is 39.4 Å². The summed E-state index contributed by atoms with van der Waals surface area (Å²) in [5.74, 6) is -0.00521. The second-order valence-electron chi connectivity index (χ2n) is 15.9. The van der Waals surface area contributed by atoms with Crippen LogP contribution in [0.15, 0.2) is 75.8 Å². The summed E-state index contributed by atoms with van der Waals surface area (Å²) in [5.41, 5.74) is 5.00. The molecule has 0 saturated carbocycles. The number of oxazole rings is 2. The van der Waals surface area contributed by atoms with Crippen molar-refractivity contribution in [2.24, 2.45) is 11.8 Å². The first-order chi connectivity index (χ1) is 26.7. The third kappa shape index (κ3) is 4.79. The van der Waals surface area contributed by atoms with Crippen LogP contribution >= 0.6 is 7.52 Å². The van der Waals surface area contributed by atoms with Gasteiger partial charge in [0.05, 0.1) is 11.7 Å². The number of carbonyl (C=O) groups excluding carboxylic acids is 2. The molecule has 2 amide bonds. The number of hydrogen-bond acceptors (Lipinski definition) is 10. The Hall–Kier alpha value is -5.69. The number of ether oxygens (including phenoxy) is 1. The molecule has 0 saturated heterocycles.